The Morgan fingerprint density at radius 2 is 1.96 bits per heavy atom. The molecule has 1 N–H and O–H groups in total. The minimum absolute atomic E-state index is 0.106. The molecule has 0 unspecified atom stereocenters. The molecule has 1 aromatic carbocycles. The second-order valence-electron chi connectivity index (χ2n) is 5.87. The van der Waals surface area contributed by atoms with Gasteiger partial charge in [0, 0.05) is 9.86 Å². The van der Waals surface area contributed by atoms with E-state index in [4.69, 9.17) is 0 Å². The maximum atomic E-state index is 12.7. The zero-order chi connectivity index (χ0) is 18.0. The molecule has 2 heterocycles. The van der Waals surface area contributed by atoms with E-state index in [1.54, 1.807) is 12.1 Å². The molecule has 0 bridgehead atoms. The van der Waals surface area contributed by atoms with Crippen LogP contribution in [0, 0.1) is 0 Å². The molecule has 0 radical (unpaired) electrons. The normalized spacial score (nSPS) is 11.0. The smallest absolute Gasteiger partial charge is 0.275 e. The predicted octanol–water partition coefficient (Wildman–Crippen LogP) is 2.71. The highest BCUT2D eigenvalue weighted by Crippen LogP contribution is 2.24. The number of halogens is 1. The quantitative estimate of drug-likeness (QED) is 0.725. The summed E-state index contributed by atoms with van der Waals surface area (Å²) in [4.78, 5) is 32.6. The lowest BCUT2D eigenvalue weighted by Gasteiger charge is -2.13. The Morgan fingerprint density at radius 3 is 2.64 bits per heavy atom. The number of fused-ring (bicyclic) bond motifs is 1. The summed E-state index contributed by atoms with van der Waals surface area (Å²) >= 11 is 3.42. The molecular formula is C17H16BrN5O2. The van der Waals surface area contributed by atoms with Crippen molar-refractivity contribution in [3.8, 4) is 0 Å². The number of rotatable bonds is 4. The highest BCUT2D eigenvalue weighted by molar-refractivity contribution is 9.10. The van der Waals surface area contributed by atoms with Crippen LogP contribution in [-0.2, 0) is 11.3 Å². The third kappa shape index (κ3) is 3.74. The molecule has 2 aromatic heterocycles. The van der Waals surface area contributed by atoms with Crippen LogP contribution in [0.2, 0.25) is 0 Å². The molecule has 3 aromatic rings. The van der Waals surface area contributed by atoms with E-state index < -0.39 is 0 Å². The standard InChI is InChI=1S/C17H16BrN5O2/c1-10(2)16-14-5-11(18)3-4-13(14)17(25)23(22-16)8-15(24)21-12-6-19-9-20-7-12/h3-7,9-10H,8H2,1-2H3,(H,21,24). The number of nitrogens with one attached hydrogen (secondary N) is 1. The Labute approximate surface area is 152 Å². The molecule has 0 aliphatic rings. The van der Waals surface area contributed by atoms with Gasteiger partial charge in [0.2, 0.25) is 5.91 Å². The average Bonchev–Trinajstić information content (AvgIpc) is 2.57. The number of nitrogens with zero attached hydrogens (tertiary/aromatic N) is 4. The summed E-state index contributed by atoms with van der Waals surface area (Å²) in [6.07, 6.45) is 4.34. The summed E-state index contributed by atoms with van der Waals surface area (Å²) in [6, 6.07) is 5.43. The zero-order valence-corrected chi connectivity index (χ0v) is 15.3. The number of carbonyl (C=O) groups is 1. The first-order valence-electron chi connectivity index (χ1n) is 7.71. The topological polar surface area (TPSA) is 89.8 Å². The molecule has 8 heteroatoms. The van der Waals surface area contributed by atoms with Crippen molar-refractivity contribution >= 4 is 38.3 Å². The monoisotopic (exact) mass is 401 g/mol. The number of benzene rings is 1. The van der Waals surface area contributed by atoms with Crippen molar-refractivity contribution in [2.24, 2.45) is 0 Å². The van der Waals surface area contributed by atoms with E-state index in [1.165, 1.54) is 23.4 Å². The highest BCUT2D eigenvalue weighted by atomic mass is 79.9. The fraction of sp³-hybridized carbons (Fsp3) is 0.235. The summed E-state index contributed by atoms with van der Waals surface area (Å²) in [5, 5.41) is 8.40. The summed E-state index contributed by atoms with van der Waals surface area (Å²) < 4.78 is 2.08. The van der Waals surface area contributed by atoms with Crippen LogP contribution in [0.3, 0.4) is 0 Å². The van der Waals surface area contributed by atoms with Gasteiger partial charge in [0.1, 0.15) is 12.9 Å². The van der Waals surface area contributed by atoms with E-state index >= 15 is 0 Å². The van der Waals surface area contributed by atoms with Crippen molar-refractivity contribution in [2.45, 2.75) is 26.3 Å². The van der Waals surface area contributed by atoms with Gasteiger partial charge in [0.05, 0.1) is 29.2 Å². The molecule has 0 aliphatic carbocycles. The number of hydrogen-bond acceptors (Lipinski definition) is 5. The Morgan fingerprint density at radius 1 is 1.24 bits per heavy atom. The van der Waals surface area contributed by atoms with E-state index in [9.17, 15) is 9.59 Å². The molecule has 25 heavy (non-hydrogen) atoms. The van der Waals surface area contributed by atoms with Gasteiger partial charge in [-0.2, -0.15) is 5.10 Å². The number of carbonyl (C=O) groups excluding carboxylic acids is 1. The van der Waals surface area contributed by atoms with E-state index in [-0.39, 0.29) is 23.9 Å². The minimum Gasteiger partial charge on any atom is -0.322 e. The van der Waals surface area contributed by atoms with Crippen LogP contribution in [0.5, 0.6) is 0 Å². The molecule has 0 saturated carbocycles. The van der Waals surface area contributed by atoms with Crippen molar-refractivity contribution in [3.05, 3.63) is 57.4 Å². The largest absolute Gasteiger partial charge is 0.322 e. The molecule has 3 rings (SSSR count). The van der Waals surface area contributed by atoms with Crippen LogP contribution in [0.15, 0.2) is 46.2 Å². The van der Waals surface area contributed by atoms with Crippen molar-refractivity contribution in [2.75, 3.05) is 5.32 Å². The number of hydrogen-bond donors (Lipinski definition) is 1. The van der Waals surface area contributed by atoms with Gasteiger partial charge < -0.3 is 5.32 Å². The summed E-state index contributed by atoms with van der Waals surface area (Å²) in [6.45, 7) is 3.82. The Hall–Kier alpha value is -2.61. The SMILES string of the molecule is CC(C)c1nn(CC(=O)Nc2cncnc2)c(=O)c2ccc(Br)cc12. The third-order valence-corrected chi connectivity index (χ3v) is 4.13. The third-order valence-electron chi connectivity index (χ3n) is 3.64. The number of aromatic nitrogens is 4. The average molecular weight is 402 g/mol. The zero-order valence-electron chi connectivity index (χ0n) is 13.7. The molecule has 0 spiro atoms. The molecule has 0 fully saturated rings. The van der Waals surface area contributed by atoms with Crippen LogP contribution in [-0.4, -0.2) is 25.7 Å². The number of anilines is 1. The fourth-order valence-corrected chi connectivity index (χ4v) is 2.88. The van der Waals surface area contributed by atoms with Gasteiger partial charge in [0.15, 0.2) is 0 Å². The lowest BCUT2D eigenvalue weighted by molar-refractivity contribution is -0.117. The molecule has 0 saturated heterocycles. The molecule has 7 nitrogen and oxygen atoms in total. The fourth-order valence-electron chi connectivity index (χ4n) is 2.52. The Balaban J connectivity index is 1.99. The summed E-state index contributed by atoms with van der Waals surface area (Å²) in [5.74, 6) is -0.259. The first-order chi connectivity index (χ1) is 12.0. The van der Waals surface area contributed by atoms with Crippen molar-refractivity contribution in [3.63, 3.8) is 0 Å². The number of amides is 1. The molecule has 0 atom stereocenters. The predicted molar refractivity (Wildman–Crippen MR) is 98.5 cm³/mol. The highest BCUT2D eigenvalue weighted by Gasteiger charge is 2.15. The second kappa shape index (κ2) is 7.10. The van der Waals surface area contributed by atoms with Gasteiger partial charge in [-0.1, -0.05) is 29.8 Å². The van der Waals surface area contributed by atoms with Crippen LogP contribution in [0.1, 0.15) is 25.5 Å². The molecule has 128 valence electrons. The van der Waals surface area contributed by atoms with E-state index in [0.29, 0.717) is 11.1 Å². The molecule has 1 amide bonds. The van der Waals surface area contributed by atoms with Crippen molar-refractivity contribution in [1.29, 1.82) is 0 Å². The maximum absolute atomic E-state index is 12.7. The van der Waals surface area contributed by atoms with Crippen LogP contribution in [0.4, 0.5) is 5.69 Å². The molecule has 0 aliphatic heterocycles. The van der Waals surface area contributed by atoms with Gasteiger partial charge in [-0.25, -0.2) is 14.6 Å². The minimum atomic E-state index is -0.365. The van der Waals surface area contributed by atoms with E-state index in [1.807, 2.05) is 19.9 Å². The van der Waals surface area contributed by atoms with E-state index in [0.717, 1.165) is 15.6 Å². The van der Waals surface area contributed by atoms with Crippen LogP contribution in [0.25, 0.3) is 10.8 Å². The lowest BCUT2D eigenvalue weighted by atomic mass is 10.0. The Bertz CT molecular complexity index is 985. The van der Waals surface area contributed by atoms with Crippen LogP contribution < -0.4 is 10.9 Å². The van der Waals surface area contributed by atoms with Crippen molar-refractivity contribution < 1.29 is 4.79 Å². The van der Waals surface area contributed by atoms with Gasteiger partial charge in [-0.05, 0) is 24.1 Å². The van der Waals surface area contributed by atoms with Gasteiger partial charge in [-0.15, -0.1) is 0 Å². The Kier molecular flexibility index (Phi) is 4.89. The lowest BCUT2D eigenvalue weighted by Crippen LogP contribution is -2.31. The van der Waals surface area contributed by atoms with Crippen molar-refractivity contribution in [1.82, 2.24) is 19.7 Å². The van der Waals surface area contributed by atoms with Gasteiger partial charge in [0.25, 0.3) is 5.56 Å². The first-order valence-corrected chi connectivity index (χ1v) is 8.50. The second-order valence-corrected chi connectivity index (χ2v) is 6.78. The first kappa shape index (κ1) is 17.2. The molecular weight excluding hydrogens is 386 g/mol. The van der Waals surface area contributed by atoms with Gasteiger partial charge >= 0.3 is 0 Å². The summed E-state index contributed by atoms with van der Waals surface area (Å²) in [5.41, 5.74) is 0.937. The van der Waals surface area contributed by atoms with Crippen LogP contribution >= 0.6 is 15.9 Å². The maximum Gasteiger partial charge on any atom is 0.275 e. The van der Waals surface area contributed by atoms with Gasteiger partial charge in [-0.3, -0.25) is 9.59 Å². The summed E-state index contributed by atoms with van der Waals surface area (Å²) in [7, 11) is 0. The van der Waals surface area contributed by atoms with E-state index in [2.05, 4.69) is 36.3 Å².